The van der Waals surface area contributed by atoms with Crippen LogP contribution in [0.5, 0.6) is 0 Å². The third-order valence-corrected chi connectivity index (χ3v) is 9.05. The van der Waals surface area contributed by atoms with Gasteiger partial charge in [-0.25, -0.2) is 0 Å². The Hall–Kier alpha value is -3.01. The van der Waals surface area contributed by atoms with Crippen LogP contribution in [0.25, 0.3) is 10.9 Å². The summed E-state index contributed by atoms with van der Waals surface area (Å²) in [5.74, 6) is -0.577. The van der Waals surface area contributed by atoms with Gasteiger partial charge in [-0.05, 0) is 48.9 Å². The van der Waals surface area contributed by atoms with Gasteiger partial charge in [-0.3, -0.25) is 9.59 Å². The van der Waals surface area contributed by atoms with E-state index in [1.807, 2.05) is 61.7 Å². The van der Waals surface area contributed by atoms with Crippen molar-refractivity contribution >= 4 is 57.7 Å². The fourth-order valence-corrected chi connectivity index (χ4v) is 6.85. The first-order valence-electron chi connectivity index (χ1n) is 12.8. The Kier molecular flexibility index (Phi) is 8.44. The topological polar surface area (TPSA) is 106 Å². The van der Waals surface area contributed by atoms with Crippen molar-refractivity contribution in [3.63, 3.8) is 0 Å². The van der Waals surface area contributed by atoms with E-state index in [-0.39, 0.29) is 25.4 Å². The van der Waals surface area contributed by atoms with Gasteiger partial charge in [-0.15, -0.1) is 11.8 Å². The first-order valence-corrected chi connectivity index (χ1v) is 14.4. The van der Waals surface area contributed by atoms with E-state index in [0.29, 0.717) is 10.0 Å². The Labute approximate surface area is 246 Å². The van der Waals surface area contributed by atoms with Crippen molar-refractivity contribution in [2.24, 2.45) is 0 Å². The van der Waals surface area contributed by atoms with Gasteiger partial charge in [0.2, 0.25) is 11.8 Å². The summed E-state index contributed by atoms with van der Waals surface area (Å²) in [7, 11) is 0. The number of fused-ring (bicyclic) bond motifs is 1. The standard InChI is InChI=1S/C30H29Cl2N3O4S/c1-18-2-9-23(10-3-18)40-30(29(39)34-14-22(37)17-36)13-27(38)35(16-19-4-6-20(31)7-5-19)28(30)25-15-33-26-12-21(32)8-11-24(25)26/h2-12,15,22,28,33,36-37H,13-14,16-17H2,1H3,(H,34,39)/t22?,28-,30?/m0/s1. The van der Waals surface area contributed by atoms with Crippen LogP contribution in [-0.2, 0) is 16.1 Å². The smallest absolute Gasteiger partial charge is 0.239 e. The number of nitrogens with one attached hydrogen (secondary N) is 2. The maximum absolute atomic E-state index is 14.2. The molecule has 0 saturated carbocycles. The second kappa shape index (κ2) is 11.8. The van der Waals surface area contributed by atoms with Crippen molar-refractivity contribution in [3.8, 4) is 0 Å². The minimum absolute atomic E-state index is 0.0644. The number of hydrogen-bond acceptors (Lipinski definition) is 5. The summed E-state index contributed by atoms with van der Waals surface area (Å²) in [5, 5.41) is 24.2. The summed E-state index contributed by atoms with van der Waals surface area (Å²) in [4.78, 5) is 33.9. The zero-order valence-corrected chi connectivity index (χ0v) is 24.1. The Morgan fingerprint density at radius 1 is 1.12 bits per heavy atom. The van der Waals surface area contributed by atoms with Crippen molar-refractivity contribution in [3.05, 3.63) is 99.7 Å². The lowest BCUT2D eigenvalue weighted by Crippen LogP contribution is -2.50. The van der Waals surface area contributed by atoms with Crippen molar-refractivity contribution in [1.82, 2.24) is 15.2 Å². The predicted molar refractivity (Wildman–Crippen MR) is 159 cm³/mol. The zero-order valence-electron chi connectivity index (χ0n) is 21.7. The lowest BCUT2D eigenvalue weighted by Gasteiger charge is -2.36. The van der Waals surface area contributed by atoms with Crippen LogP contribution < -0.4 is 5.32 Å². The molecule has 2 heterocycles. The first-order chi connectivity index (χ1) is 19.2. The number of aromatic nitrogens is 1. The van der Waals surface area contributed by atoms with Crippen LogP contribution >= 0.6 is 35.0 Å². The number of H-pyrrole nitrogens is 1. The molecule has 2 unspecified atom stereocenters. The molecule has 4 aromatic rings. The van der Waals surface area contributed by atoms with Crippen LogP contribution in [0.2, 0.25) is 10.0 Å². The fourth-order valence-electron chi connectivity index (χ4n) is 5.13. The summed E-state index contributed by atoms with van der Waals surface area (Å²) < 4.78 is -1.29. The molecule has 2 amide bonds. The number of thioether (sulfide) groups is 1. The number of likely N-dealkylation sites (tertiary alicyclic amines) is 1. The van der Waals surface area contributed by atoms with E-state index in [9.17, 15) is 19.8 Å². The minimum Gasteiger partial charge on any atom is -0.394 e. The summed E-state index contributed by atoms with van der Waals surface area (Å²) in [5.41, 5.74) is 3.52. The van der Waals surface area contributed by atoms with Crippen molar-refractivity contribution in [2.45, 2.75) is 41.7 Å². The Morgan fingerprint density at radius 2 is 1.82 bits per heavy atom. The summed E-state index contributed by atoms with van der Waals surface area (Å²) in [6.45, 7) is 1.61. The SMILES string of the molecule is Cc1ccc(SC2(C(=O)NCC(O)CO)CC(=O)N(Cc3ccc(Cl)cc3)[C@H]2c2c[nH]c3cc(Cl)ccc23)cc1. The molecule has 1 aliphatic heterocycles. The predicted octanol–water partition coefficient (Wildman–Crippen LogP) is 5.26. The van der Waals surface area contributed by atoms with E-state index in [0.717, 1.165) is 32.5 Å². The van der Waals surface area contributed by atoms with Gasteiger partial charge in [0.25, 0.3) is 0 Å². The average molecular weight is 599 g/mol. The number of amides is 2. The molecule has 0 radical (unpaired) electrons. The van der Waals surface area contributed by atoms with Crippen molar-refractivity contribution < 1.29 is 19.8 Å². The molecule has 0 aliphatic carbocycles. The normalized spacial score (nSPS) is 19.8. The second-order valence-electron chi connectivity index (χ2n) is 10.0. The molecule has 0 spiro atoms. The Bertz CT molecular complexity index is 1530. The summed E-state index contributed by atoms with van der Waals surface area (Å²) >= 11 is 13.7. The van der Waals surface area contributed by atoms with Gasteiger partial charge in [0, 0.05) is 50.7 Å². The molecular formula is C30H29Cl2N3O4S. The second-order valence-corrected chi connectivity index (χ2v) is 12.3. The Balaban J connectivity index is 1.66. The number of nitrogens with zero attached hydrogens (tertiary/aromatic N) is 1. The van der Waals surface area contributed by atoms with E-state index >= 15 is 0 Å². The van der Waals surface area contributed by atoms with Gasteiger partial charge >= 0.3 is 0 Å². The third kappa shape index (κ3) is 5.73. The van der Waals surface area contributed by atoms with E-state index in [4.69, 9.17) is 23.2 Å². The van der Waals surface area contributed by atoms with Crippen LogP contribution in [0.4, 0.5) is 0 Å². The molecule has 208 valence electrons. The van der Waals surface area contributed by atoms with Gasteiger partial charge in [0.1, 0.15) is 4.75 Å². The van der Waals surface area contributed by atoms with E-state index in [1.165, 1.54) is 11.8 Å². The van der Waals surface area contributed by atoms with Crippen molar-refractivity contribution in [2.75, 3.05) is 13.2 Å². The lowest BCUT2D eigenvalue weighted by atomic mass is 9.91. The number of halogens is 2. The zero-order chi connectivity index (χ0) is 28.4. The van der Waals surface area contributed by atoms with E-state index in [2.05, 4.69) is 10.3 Å². The molecule has 3 atom stereocenters. The molecule has 10 heteroatoms. The molecular weight excluding hydrogens is 569 g/mol. The average Bonchev–Trinajstić information content (AvgIpc) is 3.47. The molecule has 0 bridgehead atoms. The van der Waals surface area contributed by atoms with Crippen LogP contribution in [0.3, 0.4) is 0 Å². The molecule has 1 saturated heterocycles. The Morgan fingerprint density at radius 3 is 2.52 bits per heavy atom. The monoisotopic (exact) mass is 597 g/mol. The highest BCUT2D eigenvalue weighted by atomic mass is 35.5. The molecule has 1 fully saturated rings. The van der Waals surface area contributed by atoms with Gasteiger partial charge < -0.3 is 25.4 Å². The molecule has 1 aromatic heterocycles. The number of hydrogen-bond donors (Lipinski definition) is 4. The number of aliphatic hydroxyl groups excluding tert-OH is 2. The van der Waals surface area contributed by atoms with Gasteiger partial charge in [0.15, 0.2) is 0 Å². The van der Waals surface area contributed by atoms with Gasteiger partial charge in [0.05, 0.1) is 25.2 Å². The van der Waals surface area contributed by atoms with Gasteiger partial charge in [-0.2, -0.15) is 0 Å². The molecule has 7 nitrogen and oxygen atoms in total. The van der Waals surface area contributed by atoms with Crippen LogP contribution in [-0.4, -0.2) is 55.9 Å². The highest BCUT2D eigenvalue weighted by Crippen LogP contribution is 2.54. The molecule has 3 aromatic carbocycles. The van der Waals surface area contributed by atoms with Crippen LogP contribution in [0, 0.1) is 6.92 Å². The molecule has 1 aliphatic rings. The number of aliphatic hydroxyl groups is 2. The number of rotatable bonds is 9. The number of aryl methyl sites for hydroxylation is 1. The lowest BCUT2D eigenvalue weighted by molar-refractivity contribution is -0.129. The highest BCUT2D eigenvalue weighted by Gasteiger charge is 2.58. The largest absolute Gasteiger partial charge is 0.394 e. The number of carbonyl (C=O) groups is 2. The quantitative estimate of drug-likeness (QED) is 0.211. The maximum Gasteiger partial charge on any atom is 0.239 e. The fraction of sp³-hybridized carbons (Fsp3) is 0.267. The number of benzene rings is 3. The van der Waals surface area contributed by atoms with Crippen LogP contribution in [0.1, 0.15) is 29.2 Å². The number of aromatic amines is 1. The minimum atomic E-state index is -1.29. The highest BCUT2D eigenvalue weighted by molar-refractivity contribution is 8.01. The van der Waals surface area contributed by atoms with E-state index < -0.39 is 29.4 Å². The van der Waals surface area contributed by atoms with Crippen LogP contribution in [0.15, 0.2) is 77.8 Å². The third-order valence-electron chi connectivity index (χ3n) is 7.14. The number of carbonyl (C=O) groups excluding carboxylic acids is 2. The molecule has 5 rings (SSSR count). The maximum atomic E-state index is 14.2. The summed E-state index contributed by atoms with van der Waals surface area (Å²) in [6, 6.07) is 19.9. The van der Waals surface area contributed by atoms with E-state index in [1.54, 1.807) is 23.1 Å². The first kappa shape index (κ1) is 28.5. The molecule has 4 N–H and O–H groups in total. The van der Waals surface area contributed by atoms with Crippen molar-refractivity contribution in [1.29, 1.82) is 0 Å². The summed E-state index contributed by atoms with van der Waals surface area (Å²) in [6.07, 6.45) is 0.645. The molecule has 40 heavy (non-hydrogen) atoms. The van der Waals surface area contributed by atoms with Gasteiger partial charge in [-0.1, -0.05) is 59.1 Å².